The standard InChI is InChI=1S/C9H11Cl2N3/c1-6(13)8(4-3-5-12)9(11)14-7(2)10/h3-5H,1-2,12-13H2/b5-3-,8-4+,14-9+. The minimum atomic E-state index is 0.0684. The number of nitrogens with two attached hydrogens (primary N) is 2. The number of hydrogen-bond donors (Lipinski definition) is 2. The molecule has 5 heteroatoms. The average molecular weight is 232 g/mol. The number of halogens is 2. The van der Waals surface area contributed by atoms with Crippen LogP contribution in [0.25, 0.3) is 0 Å². The molecular formula is C9H11Cl2N3. The molecule has 0 bridgehead atoms. The summed E-state index contributed by atoms with van der Waals surface area (Å²) in [6.45, 7) is 6.90. The van der Waals surface area contributed by atoms with Crippen LogP contribution in [-0.2, 0) is 0 Å². The van der Waals surface area contributed by atoms with Gasteiger partial charge < -0.3 is 11.5 Å². The molecule has 0 atom stereocenters. The van der Waals surface area contributed by atoms with Crippen LogP contribution >= 0.6 is 23.2 Å². The smallest absolute Gasteiger partial charge is 0.140 e. The van der Waals surface area contributed by atoms with E-state index in [1.807, 2.05) is 0 Å². The van der Waals surface area contributed by atoms with Gasteiger partial charge in [0.25, 0.3) is 0 Å². The lowest BCUT2D eigenvalue weighted by molar-refractivity contribution is 1.39. The largest absolute Gasteiger partial charge is 0.405 e. The van der Waals surface area contributed by atoms with E-state index in [0.29, 0.717) is 5.57 Å². The van der Waals surface area contributed by atoms with Crippen molar-refractivity contribution in [2.24, 2.45) is 16.5 Å². The van der Waals surface area contributed by atoms with Gasteiger partial charge in [0.1, 0.15) is 10.3 Å². The van der Waals surface area contributed by atoms with Crippen LogP contribution in [0, 0.1) is 0 Å². The number of nitrogens with zero attached hydrogens (tertiary/aromatic N) is 1. The zero-order chi connectivity index (χ0) is 11.1. The molecule has 0 fully saturated rings. The third-order valence-electron chi connectivity index (χ3n) is 1.16. The van der Waals surface area contributed by atoms with Gasteiger partial charge in [-0.1, -0.05) is 36.4 Å². The molecule has 0 aliphatic carbocycles. The zero-order valence-corrected chi connectivity index (χ0v) is 9.02. The topological polar surface area (TPSA) is 64.4 Å². The van der Waals surface area contributed by atoms with Gasteiger partial charge in [-0.3, -0.25) is 0 Å². The van der Waals surface area contributed by atoms with Crippen LogP contribution in [0.1, 0.15) is 0 Å². The van der Waals surface area contributed by atoms with Crippen LogP contribution in [0.3, 0.4) is 0 Å². The van der Waals surface area contributed by atoms with Gasteiger partial charge in [0, 0.05) is 11.3 Å². The number of hydrogen-bond acceptors (Lipinski definition) is 3. The molecule has 0 aromatic heterocycles. The highest BCUT2D eigenvalue weighted by molar-refractivity contribution is 6.70. The van der Waals surface area contributed by atoms with Gasteiger partial charge in [0.2, 0.25) is 0 Å². The Morgan fingerprint density at radius 1 is 1.29 bits per heavy atom. The van der Waals surface area contributed by atoms with Crippen molar-refractivity contribution in [1.29, 1.82) is 0 Å². The molecule has 4 N–H and O–H groups in total. The van der Waals surface area contributed by atoms with E-state index in [4.69, 9.17) is 34.7 Å². The molecule has 76 valence electrons. The van der Waals surface area contributed by atoms with Crippen molar-refractivity contribution < 1.29 is 0 Å². The summed E-state index contributed by atoms with van der Waals surface area (Å²) in [5, 5.41) is 0.189. The van der Waals surface area contributed by atoms with Gasteiger partial charge in [0.15, 0.2) is 0 Å². The Bertz CT molecular complexity index is 327. The first-order chi connectivity index (χ1) is 6.49. The highest BCUT2D eigenvalue weighted by Crippen LogP contribution is 2.12. The zero-order valence-electron chi connectivity index (χ0n) is 7.50. The highest BCUT2D eigenvalue weighted by atomic mass is 35.5. The average Bonchev–Trinajstić information content (AvgIpc) is 2.02. The van der Waals surface area contributed by atoms with Crippen molar-refractivity contribution in [3.8, 4) is 0 Å². The second kappa shape index (κ2) is 6.29. The Hall–Kier alpha value is -1.19. The summed E-state index contributed by atoms with van der Waals surface area (Å²) in [5.41, 5.74) is 11.4. The van der Waals surface area contributed by atoms with Crippen molar-refractivity contribution in [1.82, 2.24) is 0 Å². The lowest BCUT2D eigenvalue weighted by Crippen LogP contribution is -2.05. The predicted molar refractivity (Wildman–Crippen MR) is 63.0 cm³/mol. The number of aliphatic imine (C=N–C) groups is 1. The Balaban J connectivity index is 5.03. The molecule has 0 amide bonds. The molecular weight excluding hydrogens is 221 g/mol. The second-order valence-corrected chi connectivity index (χ2v) is 3.06. The molecule has 3 nitrogen and oxygen atoms in total. The van der Waals surface area contributed by atoms with Gasteiger partial charge in [-0.15, -0.1) is 0 Å². The van der Waals surface area contributed by atoms with Crippen molar-refractivity contribution in [2.45, 2.75) is 0 Å². The fourth-order valence-corrected chi connectivity index (χ4v) is 1.04. The van der Waals surface area contributed by atoms with E-state index in [0.717, 1.165) is 0 Å². The third-order valence-corrected chi connectivity index (χ3v) is 1.53. The minimum absolute atomic E-state index is 0.0684. The normalized spacial score (nSPS) is 13.3. The SMILES string of the molecule is C=C(Cl)\N=C(Cl)/C(=C/C=C\N)C(=C)N. The molecule has 0 rings (SSSR count). The summed E-state index contributed by atoms with van der Waals surface area (Å²) in [6, 6.07) is 0. The summed E-state index contributed by atoms with van der Waals surface area (Å²) in [7, 11) is 0. The van der Waals surface area contributed by atoms with Crippen LogP contribution in [-0.4, -0.2) is 5.17 Å². The fourth-order valence-electron chi connectivity index (χ4n) is 0.627. The van der Waals surface area contributed by atoms with E-state index < -0.39 is 0 Å². The number of rotatable bonds is 4. The lowest BCUT2D eigenvalue weighted by atomic mass is 10.2. The minimum Gasteiger partial charge on any atom is -0.405 e. The summed E-state index contributed by atoms with van der Waals surface area (Å²) in [4.78, 5) is 3.72. The Kier molecular flexibility index (Phi) is 5.76. The monoisotopic (exact) mass is 231 g/mol. The molecule has 0 saturated carbocycles. The van der Waals surface area contributed by atoms with Crippen LogP contribution < -0.4 is 11.5 Å². The highest BCUT2D eigenvalue weighted by Gasteiger charge is 2.04. The Morgan fingerprint density at radius 3 is 2.21 bits per heavy atom. The van der Waals surface area contributed by atoms with E-state index in [-0.39, 0.29) is 16.0 Å². The maximum Gasteiger partial charge on any atom is 0.140 e. The predicted octanol–water partition coefficient (Wildman–Crippen LogP) is 2.20. The van der Waals surface area contributed by atoms with E-state index >= 15 is 0 Å². The van der Waals surface area contributed by atoms with Gasteiger partial charge in [-0.25, -0.2) is 4.99 Å². The van der Waals surface area contributed by atoms with Crippen molar-refractivity contribution in [2.75, 3.05) is 0 Å². The number of allylic oxidation sites excluding steroid dienone is 3. The van der Waals surface area contributed by atoms with Crippen LogP contribution in [0.15, 0.2) is 52.9 Å². The molecule has 0 aromatic carbocycles. The molecule has 0 aliphatic rings. The van der Waals surface area contributed by atoms with Crippen molar-refractivity contribution in [3.63, 3.8) is 0 Å². The van der Waals surface area contributed by atoms with Gasteiger partial charge >= 0.3 is 0 Å². The summed E-state index contributed by atoms with van der Waals surface area (Å²) in [5.74, 6) is 0. The first-order valence-electron chi connectivity index (χ1n) is 3.61. The summed E-state index contributed by atoms with van der Waals surface area (Å²) in [6.07, 6.45) is 4.47. The van der Waals surface area contributed by atoms with E-state index in [1.54, 1.807) is 12.2 Å². The molecule has 14 heavy (non-hydrogen) atoms. The first kappa shape index (κ1) is 12.8. The van der Waals surface area contributed by atoms with Crippen LogP contribution in [0.2, 0.25) is 0 Å². The molecule has 0 aromatic rings. The molecule has 0 aliphatic heterocycles. The Labute approximate surface area is 93.1 Å². The maximum atomic E-state index is 5.79. The van der Waals surface area contributed by atoms with Gasteiger partial charge in [-0.2, -0.15) is 0 Å². The fraction of sp³-hybridized carbons (Fsp3) is 0. The van der Waals surface area contributed by atoms with Crippen molar-refractivity contribution in [3.05, 3.63) is 47.9 Å². The van der Waals surface area contributed by atoms with Crippen LogP contribution in [0.5, 0.6) is 0 Å². The van der Waals surface area contributed by atoms with Gasteiger partial charge in [0.05, 0.1) is 0 Å². The molecule has 0 unspecified atom stereocenters. The second-order valence-electron chi connectivity index (χ2n) is 2.27. The van der Waals surface area contributed by atoms with E-state index in [9.17, 15) is 0 Å². The molecule has 0 radical (unpaired) electrons. The Morgan fingerprint density at radius 2 is 1.86 bits per heavy atom. The molecule has 0 saturated heterocycles. The van der Waals surface area contributed by atoms with Gasteiger partial charge in [-0.05, 0) is 18.4 Å². The summed E-state index contributed by atoms with van der Waals surface area (Å²) >= 11 is 11.2. The lowest BCUT2D eigenvalue weighted by Gasteiger charge is -2.02. The third kappa shape index (κ3) is 4.74. The van der Waals surface area contributed by atoms with Crippen molar-refractivity contribution >= 4 is 28.4 Å². The van der Waals surface area contributed by atoms with E-state index in [2.05, 4.69) is 18.2 Å². The first-order valence-corrected chi connectivity index (χ1v) is 4.37. The quantitative estimate of drug-likeness (QED) is 0.443. The maximum absolute atomic E-state index is 5.79. The van der Waals surface area contributed by atoms with Crippen LogP contribution in [0.4, 0.5) is 0 Å². The van der Waals surface area contributed by atoms with E-state index in [1.165, 1.54) is 6.20 Å². The molecule has 0 heterocycles. The molecule has 0 spiro atoms. The summed E-state index contributed by atoms with van der Waals surface area (Å²) < 4.78 is 0.